The van der Waals surface area contributed by atoms with E-state index in [2.05, 4.69) is 15.9 Å². The number of amides is 1. The first kappa shape index (κ1) is 10.9. The van der Waals surface area contributed by atoms with Crippen LogP contribution in [0.3, 0.4) is 0 Å². The van der Waals surface area contributed by atoms with Crippen LogP contribution in [0.1, 0.15) is 0 Å². The molecule has 1 aliphatic rings. The van der Waals surface area contributed by atoms with Gasteiger partial charge in [-0.3, -0.25) is 4.79 Å². The molecule has 0 radical (unpaired) electrons. The fourth-order valence-corrected chi connectivity index (χ4v) is 2.12. The zero-order valence-corrected chi connectivity index (χ0v) is 10.2. The van der Waals surface area contributed by atoms with Crippen LogP contribution < -0.4 is 4.90 Å². The second-order valence-corrected chi connectivity index (χ2v) is 4.37. The molecule has 0 saturated carbocycles. The van der Waals surface area contributed by atoms with Crippen LogP contribution in [-0.2, 0) is 9.53 Å². The van der Waals surface area contributed by atoms with Crippen LogP contribution in [0.5, 0.6) is 0 Å². The van der Waals surface area contributed by atoms with E-state index in [0.717, 1.165) is 10.2 Å². The van der Waals surface area contributed by atoms with Gasteiger partial charge in [-0.25, -0.2) is 0 Å². The maximum absolute atomic E-state index is 11.6. The van der Waals surface area contributed by atoms with Crippen molar-refractivity contribution in [3.8, 4) is 0 Å². The van der Waals surface area contributed by atoms with Gasteiger partial charge in [-0.15, -0.1) is 0 Å². The summed E-state index contributed by atoms with van der Waals surface area (Å²) in [4.78, 5) is 13.3. The average Bonchev–Trinajstić information content (AvgIpc) is 2.23. The summed E-state index contributed by atoms with van der Waals surface area (Å²) in [5, 5.41) is 0.604. The average molecular weight is 291 g/mol. The fourth-order valence-electron chi connectivity index (χ4n) is 1.47. The van der Waals surface area contributed by atoms with Crippen molar-refractivity contribution in [3.05, 3.63) is 27.7 Å². The quantitative estimate of drug-likeness (QED) is 0.795. The summed E-state index contributed by atoms with van der Waals surface area (Å²) in [5.74, 6) is -0.0378. The third kappa shape index (κ3) is 2.17. The number of halogens is 2. The van der Waals surface area contributed by atoms with Gasteiger partial charge in [-0.1, -0.05) is 17.7 Å². The maximum atomic E-state index is 11.6. The molecule has 80 valence electrons. The number of morpholine rings is 1. The molecule has 5 heteroatoms. The molecular formula is C10H9BrClNO2. The van der Waals surface area contributed by atoms with E-state index in [1.165, 1.54) is 0 Å². The number of hydrogen-bond acceptors (Lipinski definition) is 2. The Bertz CT molecular complexity index is 397. The van der Waals surface area contributed by atoms with Gasteiger partial charge in [-0.05, 0) is 28.1 Å². The maximum Gasteiger partial charge on any atom is 0.253 e. The molecule has 1 amide bonds. The molecule has 3 nitrogen and oxygen atoms in total. The molecule has 0 atom stereocenters. The Balaban J connectivity index is 2.35. The molecule has 1 fully saturated rings. The normalized spacial score (nSPS) is 16.9. The molecule has 0 aromatic heterocycles. The highest BCUT2D eigenvalue weighted by molar-refractivity contribution is 9.10. The number of benzene rings is 1. The molecule has 0 spiro atoms. The van der Waals surface area contributed by atoms with Gasteiger partial charge in [0.1, 0.15) is 6.61 Å². The number of nitrogens with zero attached hydrogens (tertiary/aromatic N) is 1. The Hall–Kier alpha value is -0.580. The Kier molecular flexibility index (Phi) is 3.29. The molecule has 0 bridgehead atoms. The van der Waals surface area contributed by atoms with Crippen LogP contribution in [0.15, 0.2) is 22.7 Å². The molecular weight excluding hydrogens is 281 g/mol. The zero-order valence-electron chi connectivity index (χ0n) is 7.87. The van der Waals surface area contributed by atoms with Crippen molar-refractivity contribution in [1.29, 1.82) is 0 Å². The van der Waals surface area contributed by atoms with E-state index in [-0.39, 0.29) is 12.5 Å². The Morgan fingerprint density at radius 2 is 2.27 bits per heavy atom. The van der Waals surface area contributed by atoms with E-state index in [1.54, 1.807) is 11.0 Å². The van der Waals surface area contributed by atoms with Gasteiger partial charge in [0.15, 0.2) is 0 Å². The van der Waals surface area contributed by atoms with Gasteiger partial charge >= 0.3 is 0 Å². The topological polar surface area (TPSA) is 29.5 Å². The third-order valence-electron chi connectivity index (χ3n) is 2.21. The molecule has 1 saturated heterocycles. The van der Waals surface area contributed by atoms with Gasteiger partial charge in [-0.2, -0.15) is 0 Å². The van der Waals surface area contributed by atoms with E-state index in [0.29, 0.717) is 18.2 Å². The molecule has 15 heavy (non-hydrogen) atoms. The van der Waals surface area contributed by atoms with Crippen LogP contribution >= 0.6 is 27.5 Å². The van der Waals surface area contributed by atoms with E-state index >= 15 is 0 Å². The molecule has 1 aromatic carbocycles. The highest BCUT2D eigenvalue weighted by Gasteiger charge is 2.22. The van der Waals surface area contributed by atoms with E-state index < -0.39 is 0 Å². The van der Waals surface area contributed by atoms with Crippen LogP contribution in [0.2, 0.25) is 5.02 Å². The number of carbonyl (C=O) groups excluding carboxylic acids is 1. The Labute approximate surface area is 101 Å². The Morgan fingerprint density at radius 3 is 3.00 bits per heavy atom. The van der Waals surface area contributed by atoms with E-state index in [1.807, 2.05) is 12.1 Å². The van der Waals surface area contributed by atoms with Gasteiger partial charge in [0.2, 0.25) is 0 Å². The molecule has 1 aliphatic heterocycles. The molecule has 0 N–H and O–H groups in total. The van der Waals surface area contributed by atoms with E-state index in [4.69, 9.17) is 16.3 Å². The second kappa shape index (κ2) is 4.51. The summed E-state index contributed by atoms with van der Waals surface area (Å²) in [5.41, 5.74) is 0.802. The summed E-state index contributed by atoms with van der Waals surface area (Å²) >= 11 is 9.34. The lowest BCUT2D eigenvalue weighted by atomic mass is 10.2. The molecule has 0 unspecified atom stereocenters. The molecule has 0 aliphatic carbocycles. The van der Waals surface area contributed by atoms with Crippen molar-refractivity contribution >= 4 is 39.1 Å². The third-order valence-corrected chi connectivity index (χ3v) is 3.58. The molecule has 1 heterocycles. The van der Waals surface area contributed by atoms with E-state index in [9.17, 15) is 4.79 Å². The van der Waals surface area contributed by atoms with Gasteiger partial charge in [0, 0.05) is 6.54 Å². The van der Waals surface area contributed by atoms with Crippen molar-refractivity contribution in [2.45, 2.75) is 0 Å². The second-order valence-electron chi connectivity index (χ2n) is 3.17. The van der Waals surface area contributed by atoms with Gasteiger partial charge in [0.05, 0.1) is 21.8 Å². The SMILES string of the molecule is O=C1COCCN1c1cccc(Cl)c1Br. The summed E-state index contributed by atoms with van der Waals surface area (Å²) in [7, 11) is 0. The first-order valence-corrected chi connectivity index (χ1v) is 5.69. The lowest BCUT2D eigenvalue weighted by molar-refractivity contribution is -0.125. The minimum absolute atomic E-state index is 0.0378. The highest BCUT2D eigenvalue weighted by Crippen LogP contribution is 2.33. The van der Waals surface area contributed by atoms with Crippen molar-refractivity contribution in [2.24, 2.45) is 0 Å². The fraction of sp³-hybridized carbons (Fsp3) is 0.300. The summed E-state index contributed by atoms with van der Waals surface area (Å²) in [6.45, 7) is 1.27. The summed E-state index contributed by atoms with van der Waals surface area (Å²) in [6, 6.07) is 5.46. The zero-order chi connectivity index (χ0) is 10.8. The highest BCUT2D eigenvalue weighted by atomic mass is 79.9. The summed E-state index contributed by atoms with van der Waals surface area (Å²) in [6.07, 6.45) is 0. The van der Waals surface area contributed by atoms with Crippen LogP contribution in [0, 0.1) is 0 Å². The first-order valence-electron chi connectivity index (χ1n) is 4.52. The summed E-state index contributed by atoms with van der Waals surface area (Å²) < 4.78 is 5.82. The standard InChI is InChI=1S/C10H9BrClNO2/c11-10-7(12)2-1-3-8(10)13-4-5-15-6-9(13)14/h1-3H,4-6H2. The van der Waals surface area contributed by atoms with Crippen molar-refractivity contribution in [1.82, 2.24) is 0 Å². The minimum atomic E-state index is -0.0378. The first-order chi connectivity index (χ1) is 7.20. The molecule has 1 aromatic rings. The van der Waals surface area contributed by atoms with Gasteiger partial charge < -0.3 is 9.64 Å². The largest absolute Gasteiger partial charge is 0.370 e. The number of anilines is 1. The smallest absolute Gasteiger partial charge is 0.253 e. The molecule has 2 rings (SSSR count). The Morgan fingerprint density at radius 1 is 1.47 bits per heavy atom. The van der Waals surface area contributed by atoms with Crippen molar-refractivity contribution in [3.63, 3.8) is 0 Å². The van der Waals surface area contributed by atoms with Crippen LogP contribution in [-0.4, -0.2) is 25.7 Å². The van der Waals surface area contributed by atoms with Crippen molar-refractivity contribution in [2.75, 3.05) is 24.7 Å². The number of rotatable bonds is 1. The predicted molar refractivity (Wildman–Crippen MR) is 62.3 cm³/mol. The van der Waals surface area contributed by atoms with Crippen LogP contribution in [0.25, 0.3) is 0 Å². The lowest BCUT2D eigenvalue weighted by Crippen LogP contribution is -2.41. The van der Waals surface area contributed by atoms with Gasteiger partial charge in [0.25, 0.3) is 5.91 Å². The lowest BCUT2D eigenvalue weighted by Gasteiger charge is -2.27. The van der Waals surface area contributed by atoms with Crippen molar-refractivity contribution < 1.29 is 9.53 Å². The minimum Gasteiger partial charge on any atom is -0.370 e. The van der Waals surface area contributed by atoms with Crippen LogP contribution in [0.4, 0.5) is 5.69 Å². The monoisotopic (exact) mass is 289 g/mol. The predicted octanol–water partition coefficient (Wildman–Crippen LogP) is 2.47. The number of hydrogen-bond donors (Lipinski definition) is 0. The number of carbonyl (C=O) groups is 1. The number of ether oxygens (including phenoxy) is 1.